The molecule has 2 aliphatic heterocycles. The zero-order valence-corrected chi connectivity index (χ0v) is 15.6. The molecule has 0 spiro atoms. The Hall–Kier alpha value is -2.73. The van der Waals surface area contributed by atoms with E-state index in [0.29, 0.717) is 29.0 Å². The second kappa shape index (κ2) is 7.88. The molecule has 0 saturated carbocycles. The number of rotatable bonds is 4. The fourth-order valence-electron chi connectivity index (χ4n) is 3.85. The lowest BCUT2D eigenvalue weighted by Gasteiger charge is -2.37. The molecule has 2 heterocycles. The lowest BCUT2D eigenvalue weighted by molar-refractivity contribution is 0.124. The van der Waals surface area contributed by atoms with Gasteiger partial charge in [-0.3, -0.25) is 4.90 Å². The molecule has 0 radical (unpaired) electrons. The highest BCUT2D eigenvalue weighted by atomic mass is 16.5. The molecule has 2 amide bonds. The van der Waals surface area contributed by atoms with Crippen molar-refractivity contribution >= 4 is 11.7 Å². The van der Waals surface area contributed by atoms with Crippen LogP contribution in [0.15, 0.2) is 48.5 Å². The van der Waals surface area contributed by atoms with Crippen molar-refractivity contribution in [3.05, 3.63) is 48.5 Å². The van der Waals surface area contributed by atoms with Gasteiger partial charge >= 0.3 is 6.03 Å². The highest BCUT2D eigenvalue weighted by molar-refractivity contribution is 5.91. The molecular weight excluding hydrogens is 342 g/mol. The summed E-state index contributed by atoms with van der Waals surface area (Å²) in [5.41, 5.74) is 0.655. The highest BCUT2D eigenvalue weighted by Gasteiger charge is 2.32. The Balaban J connectivity index is 1.47. The van der Waals surface area contributed by atoms with Gasteiger partial charge in [0.05, 0.1) is 12.8 Å². The maximum Gasteiger partial charge on any atom is 0.322 e. The molecule has 0 aromatic heterocycles. The summed E-state index contributed by atoms with van der Waals surface area (Å²) in [6, 6.07) is 15.4. The minimum Gasteiger partial charge on any atom is -0.493 e. The summed E-state index contributed by atoms with van der Waals surface area (Å²) in [5, 5.41) is 3.02. The number of benzene rings is 2. The van der Waals surface area contributed by atoms with E-state index in [4.69, 9.17) is 9.47 Å². The summed E-state index contributed by atoms with van der Waals surface area (Å²) in [4.78, 5) is 17.2. The smallest absolute Gasteiger partial charge is 0.322 e. The summed E-state index contributed by atoms with van der Waals surface area (Å²) < 4.78 is 11.4. The molecule has 6 heteroatoms. The number of hydrogen-bond acceptors (Lipinski definition) is 4. The first-order valence-corrected chi connectivity index (χ1v) is 9.44. The Kier molecular flexibility index (Phi) is 5.16. The zero-order chi connectivity index (χ0) is 18.6. The number of carbonyl (C=O) groups excluding carboxylic acids is 1. The number of methoxy groups -OCH3 is 1. The van der Waals surface area contributed by atoms with E-state index in [2.05, 4.69) is 10.2 Å². The Bertz CT molecular complexity index is 811. The lowest BCUT2D eigenvalue weighted by atomic mass is 10.1. The van der Waals surface area contributed by atoms with Gasteiger partial charge in [-0.15, -0.1) is 0 Å². The van der Waals surface area contributed by atoms with Crippen LogP contribution < -0.4 is 14.8 Å². The molecule has 1 N–H and O–H groups in total. The van der Waals surface area contributed by atoms with Crippen LogP contribution in [-0.2, 0) is 0 Å². The summed E-state index contributed by atoms with van der Waals surface area (Å²) in [5.74, 6) is 1.85. The molecule has 27 heavy (non-hydrogen) atoms. The van der Waals surface area contributed by atoms with E-state index >= 15 is 0 Å². The molecule has 2 fully saturated rings. The number of hydrogen-bond donors (Lipinski definition) is 1. The number of amides is 2. The molecule has 1 unspecified atom stereocenters. The molecule has 2 aliphatic rings. The second-order valence-electron chi connectivity index (χ2n) is 6.96. The molecule has 2 aromatic rings. The van der Waals surface area contributed by atoms with Crippen LogP contribution in [0.5, 0.6) is 17.2 Å². The standard InChI is InChI=1S/C21H25N3O3/c1-26-19-10-4-5-11-20(19)27-18-9-3-2-8-17(18)22-21(25)24-14-13-23-12-6-7-16(23)15-24/h2-5,8-11,16H,6-7,12-15H2,1H3,(H,22,25). The average Bonchev–Trinajstić information content (AvgIpc) is 3.17. The van der Waals surface area contributed by atoms with Crippen LogP contribution >= 0.6 is 0 Å². The van der Waals surface area contributed by atoms with E-state index in [1.807, 2.05) is 53.4 Å². The minimum absolute atomic E-state index is 0.0716. The number of fused-ring (bicyclic) bond motifs is 1. The van der Waals surface area contributed by atoms with Gasteiger partial charge < -0.3 is 19.7 Å². The molecule has 1 atom stereocenters. The molecule has 2 aromatic carbocycles. The number of anilines is 1. The van der Waals surface area contributed by atoms with Gasteiger partial charge in [0, 0.05) is 25.7 Å². The number of carbonyl (C=O) groups is 1. The van der Waals surface area contributed by atoms with E-state index in [0.717, 1.165) is 26.2 Å². The number of nitrogens with zero attached hydrogens (tertiary/aromatic N) is 2. The first kappa shape index (κ1) is 17.7. The third-order valence-corrected chi connectivity index (χ3v) is 5.29. The van der Waals surface area contributed by atoms with Gasteiger partial charge in [-0.2, -0.15) is 0 Å². The molecule has 0 bridgehead atoms. The first-order valence-electron chi connectivity index (χ1n) is 9.44. The SMILES string of the molecule is COc1ccccc1Oc1ccccc1NC(=O)N1CCN2CCCC2C1. The topological polar surface area (TPSA) is 54.0 Å². The van der Waals surface area contributed by atoms with Crippen LogP contribution in [0.3, 0.4) is 0 Å². The van der Waals surface area contributed by atoms with Gasteiger partial charge in [0.2, 0.25) is 0 Å². The molecular formula is C21H25N3O3. The lowest BCUT2D eigenvalue weighted by Crippen LogP contribution is -2.53. The van der Waals surface area contributed by atoms with Crippen molar-refractivity contribution in [1.82, 2.24) is 9.80 Å². The van der Waals surface area contributed by atoms with E-state index in [1.54, 1.807) is 7.11 Å². The van der Waals surface area contributed by atoms with Crippen LogP contribution in [0, 0.1) is 0 Å². The summed E-state index contributed by atoms with van der Waals surface area (Å²) in [7, 11) is 1.61. The van der Waals surface area contributed by atoms with Gasteiger partial charge in [-0.25, -0.2) is 4.79 Å². The van der Waals surface area contributed by atoms with Crippen molar-refractivity contribution in [3.63, 3.8) is 0 Å². The normalized spacial score (nSPS) is 19.4. The van der Waals surface area contributed by atoms with Crippen molar-refractivity contribution in [2.24, 2.45) is 0 Å². The van der Waals surface area contributed by atoms with Gasteiger partial charge in [0.15, 0.2) is 17.2 Å². The van der Waals surface area contributed by atoms with Gasteiger partial charge in [0.1, 0.15) is 0 Å². The Morgan fingerprint density at radius 2 is 1.74 bits per heavy atom. The fourth-order valence-corrected chi connectivity index (χ4v) is 3.85. The average molecular weight is 367 g/mol. The van der Waals surface area contributed by atoms with Crippen molar-refractivity contribution < 1.29 is 14.3 Å². The number of para-hydroxylation sites is 4. The van der Waals surface area contributed by atoms with E-state index in [9.17, 15) is 4.79 Å². The molecule has 0 aliphatic carbocycles. The van der Waals surface area contributed by atoms with Gasteiger partial charge in [0.25, 0.3) is 0 Å². The quantitative estimate of drug-likeness (QED) is 0.893. The summed E-state index contributed by atoms with van der Waals surface area (Å²) in [6.07, 6.45) is 2.41. The van der Waals surface area contributed by atoms with E-state index in [1.165, 1.54) is 12.8 Å². The minimum atomic E-state index is -0.0716. The maximum atomic E-state index is 12.8. The largest absolute Gasteiger partial charge is 0.493 e. The van der Waals surface area contributed by atoms with Crippen LogP contribution in [0.2, 0.25) is 0 Å². The Labute approximate surface area is 159 Å². The predicted octanol–water partition coefficient (Wildman–Crippen LogP) is 3.80. The van der Waals surface area contributed by atoms with E-state index < -0.39 is 0 Å². The number of urea groups is 1. The summed E-state index contributed by atoms with van der Waals surface area (Å²) >= 11 is 0. The van der Waals surface area contributed by atoms with Crippen molar-refractivity contribution in [2.45, 2.75) is 18.9 Å². The number of nitrogens with one attached hydrogen (secondary N) is 1. The summed E-state index contributed by atoms with van der Waals surface area (Å²) in [6.45, 7) is 3.67. The van der Waals surface area contributed by atoms with Gasteiger partial charge in [-0.05, 0) is 43.7 Å². The first-order chi connectivity index (χ1) is 13.2. The monoisotopic (exact) mass is 367 g/mol. The third kappa shape index (κ3) is 3.85. The van der Waals surface area contributed by atoms with Crippen LogP contribution in [0.4, 0.5) is 10.5 Å². The second-order valence-corrected chi connectivity index (χ2v) is 6.96. The van der Waals surface area contributed by atoms with Gasteiger partial charge in [-0.1, -0.05) is 24.3 Å². The fraction of sp³-hybridized carbons (Fsp3) is 0.381. The highest BCUT2D eigenvalue weighted by Crippen LogP contribution is 2.35. The number of piperazine rings is 1. The van der Waals surface area contributed by atoms with Crippen molar-refractivity contribution in [3.8, 4) is 17.2 Å². The molecule has 4 rings (SSSR count). The van der Waals surface area contributed by atoms with E-state index in [-0.39, 0.29) is 6.03 Å². The van der Waals surface area contributed by atoms with Crippen LogP contribution in [-0.4, -0.2) is 55.2 Å². The third-order valence-electron chi connectivity index (χ3n) is 5.29. The van der Waals surface area contributed by atoms with Crippen LogP contribution in [0.25, 0.3) is 0 Å². The maximum absolute atomic E-state index is 12.8. The van der Waals surface area contributed by atoms with Crippen LogP contribution in [0.1, 0.15) is 12.8 Å². The van der Waals surface area contributed by atoms with Crippen molar-refractivity contribution in [1.29, 1.82) is 0 Å². The zero-order valence-electron chi connectivity index (χ0n) is 15.6. The molecule has 2 saturated heterocycles. The number of ether oxygens (including phenoxy) is 2. The molecule has 6 nitrogen and oxygen atoms in total. The predicted molar refractivity (Wildman–Crippen MR) is 105 cm³/mol. The Morgan fingerprint density at radius 1 is 1.00 bits per heavy atom. The van der Waals surface area contributed by atoms with Crippen molar-refractivity contribution in [2.75, 3.05) is 38.6 Å². The molecule has 142 valence electrons. The Morgan fingerprint density at radius 3 is 2.56 bits per heavy atom.